The molecule has 0 atom stereocenters. The van der Waals surface area contributed by atoms with Crippen molar-refractivity contribution < 1.29 is 9.53 Å². The Hall–Kier alpha value is -2.29. The van der Waals surface area contributed by atoms with E-state index in [1.165, 1.54) is 0 Å². The second-order valence-electron chi connectivity index (χ2n) is 4.82. The molecule has 96 valence electrons. The highest BCUT2D eigenvalue weighted by atomic mass is 16.5. The van der Waals surface area contributed by atoms with Crippen LogP contribution in [0.3, 0.4) is 0 Å². The summed E-state index contributed by atoms with van der Waals surface area (Å²) in [6.07, 6.45) is 0.868. The molecule has 3 nitrogen and oxygen atoms in total. The van der Waals surface area contributed by atoms with Gasteiger partial charge in [0.05, 0.1) is 6.61 Å². The van der Waals surface area contributed by atoms with Gasteiger partial charge in [0, 0.05) is 23.2 Å². The average molecular weight is 253 g/mol. The number of carbonyl (C=O) groups excluding carboxylic acids is 1. The predicted molar refractivity (Wildman–Crippen MR) is 74.7 cm³/mol. The number of nitrogens with two attached hydrogens (primary N) is 1. The lowest BCUT2D eigenvalue weighted by molar-refractivity contribution is 0.103. The highest BCUT2D eigenvalue weighted by Gasteiger charge is 2.16. The quantitative estimate of drug-likeness (QED) is 0.661. The summed E-state index contributed by atoms with van der Waals surface area (Å²) < 4.78 is 5.44. The number of carbonyl (C=O) groups is 1. The van der Waals surface area contributed by atoms with Gasteiger partial charge in [-0.1, -0.05) is 12.1 Å². The van der Waals surface area contributed by atoms with Crippen molar-refractivity contribution in [2.24, 2.45) is 0 Å². The van der Waals surface area contributed by atoms with Crippen LogP contribution in [0.4, 0.5) is 5.69 Å². The first-order valence-corrected chi connectivity index (χ1v) is 6.32. The fourth-order valence-electron chi connectivity index (χ4n) is 2.28. The summed E-state index contributed by atoms with van der Waals surface area (Å²) in [4.78, 5) is 12.4. The van der Waals surface area contributed by atoms with E-state index in [0.717, 1.165) is 23.3 Å². The Balaban J connectivity index is 1.97. The summed E-state index contributed by atoms with van der Waals surface area (Å²) in [5, 5.41) is 0. The molecular weight excluding hydrogens is 238 g/mol. The molecule has 0 spiro atoms. The molecular formula is C16H15NO2. The van der Waals surface area contributed by atoms with Gasteiger partial charge in [-0.25, -0.2) is 0 Å². The second-order valence-corrected chi connectivity index (χ2v) is 4.82. The van der Waals surface area contributed by atoms with Crippen molar-refractivity contribution in [2.75, 3.05) is 12.3 Å². The third kappa shape index (κ3) is 2.08. The van der Waals surface area contributed by atoms with Crippen molar-refractivity contribution in [3.63, 3.8) is 0 Å². The molecule has 3 rings (SSSR count). The van der Waals surface area contributed by atoms with Crippen LogP contribution < -0.4 is 10.5 Å². The van der Waals surface area contributed by atoms with E-state index in [9.17, 15) is 4.79 Å². The average Bonchev–Trinajstić information content (AvgIpc) is 2.88. The van der Waals surface area contributed by atoms with Gasteiger partial charge in [0.1, 0.15) is 5.75 Å². The van der Waals surface area contributed by atoms with Crippen molar-refractivity contribution in [3.8, 4) is 5.75 Å². The first kappa shape index (κ1) is 11.8. The van der Waals surface area contributed by atoms with Crippen LogP contribution >= 0.6 is 0 Å². The van der Waals surface area contributed by atoms with E-state index >= 15 is 0 Å². The van der Waals surface area contributed by atoms with Gasteiger partial charge < -0.3 is 10.5 Å². The minimum atomic E-state index is 0.00130. The Morgan fingerprint density at radius 3 is 2.68 bits per heavy atom. The molecule has 0 unspecified atom stereocenters. The van der Waals surface area contributed by atoms with Crippen LogP contribution in [-0.4, -0.2) is 12.4 Å². The maximum Gasteiger partial charge on any atom is 0.193 e. The van der Waals surface area contributed by atoms with Gasteiger partial charge in [0.2, 0.25) is 0 Å². The second kappa shape index (κ2) is 4.43. The molecule has 0 fully saturated rings. The van der Waals surface area contributed by atoms with Gasteiger partial charge in [-0.05, 0) is 42.3 Å². The fraction of sp³-hybridized carbons (Fsp3) is 0.188. The first-order chi connectivity index (χ1) is 9.15. The molecule has 0 saturated heterocycles. The summed E-state index contributed by atoms with van der Waals surface area (Å²) in [5.74, 6) is 0.890. The van der Waals surface area contributed by atoms with Crippen LogP contribution in [0.5, 0.6) is 5.75 Å². The number of anilines is 1. The zero-order valence-electron chi connectivity index (χ0n) is 10.8. The summed E-state index contributed by atoms with van der Waals surface area (Å²) in [5.41, 5.74) is 9.91. The smallest absolute Gasteiger partial charge is 0.193 e. The standard InChI is InChI=1S/C16H15NO2/c1-10-2-3-13(9-14(10)17)16(18)12-4-5-15-11(8-12)6-7-19-15/h2-5,8-9H,6-7,17H2,1H3. The van der Waals surface area contributed by atoms with Gasteiger partial charge in [0.15, 0.2) is 5.78 Å². The number of rotatable bonds is 2. The van der Waals surface area contributed by atoms with Crippen molar-refractivity contribution >= 4 is 11.5 Å². The lowest BCUT2D eigenvalue weighted by atomic mass is 9.99. The normalized spacial score (nSPS) is 12.9. The molecule has 2 N–H and O–H groups in total. The summed E-state index contributed by atoms with van der Waals surface area (Å²) >= 11 is 0. The molecule has 0 aliphatic carbocycles. The molecule has 1 heterocycles. The van der Waals surface area contributed by atoms with E-state index < -0.39 is 0 Å². The maximum absolute atomic E-state index is 12.4. The topological polar surface area (TPSA) is 52.3 Å². The third-order valence-electron chi connectivity index (χ3n) is 3.49. The number of fused-ring (bicyclic) bond motifs is 1. The van der Waals surface area contributed by atoms with Gasteiger partial charge in [0.25, 0.3) is 0 Å². The molecule has 0 bridgehead atoms. The molecule has 0 radical (unpaired) electrons. The van der Waals surface area contributed by atoms with Crippen LogP contribution in [0.1, 0.15) is 27.0 Å². The SMILES string of the molecule is Cc1ccc(C(=O)c2ccc3c(c2)CCO3)cc1N. The van der Waals surface area contributed by atoms with E-state index in [1.807, 2.05) is 37.3 Å². The van der Waals surface area contributed by atoms with Gasteiger partial charge in [-0.3, -0.25) is 4.79 Å². The lowest BCUT2D eigenvalue weighted by Gasteiger charge is -2.06. The third-order valence-corrected chi connectivity index (χ3v) is 3.49. The monoisotopic (exact) mass is 253 g/mol. The molecule has 0 amide bonds. The summed E-state index contributed by atoms with van der Waals surface area (Å²) in [6.45, 7) is 2.63. The Labute approximate surface area is 112 Å². The lowest BCUT2D eigenvalue weighted by Crippen LogP contribution is -2.03. The van der Waals surface area contributed by atoms with Gasteiger partial charge in [-0.2, -0.15) is 0 Å². The Bertz CT molecular complexity index is 662. The first-order valence-electron chi connectivity index (χ1n) is 6.32. The van der Waals surface area contributed by atoms with Gasteiger partial charge >= 0.3 is 0 Å². The van der Waals surface area contributed by atoms with Gasteiger partial charge in [-0.15, -0.1) is 0 Å². The van der Waals surface area contributed by atoms with Crippen molar-refractivity contribution in [2.45, 2.75) is 13.3 Å². The minimum Gasteiger partial charge on any atom is -0.493 e. The predicted octanol–water partition coefficient (Wildman–Crippen LogP) is 2.74. The van der Waals surface area contributed by atoms with Crippen molar-refractivity contribution in [3.05, 3.63) is 58.7 Å². The molecule has 0 saturated carbocycles. The van der Waals surface area contributed by atoms with Crippen LogP contribution in [-0.2, 0) is 6.42 Å². The number of benzene rings is 2. The van der Waals surface area contributed by atoms with Crippen LogP contribution in [0.25, 0.3) is 0 Å². The largest absolute Gasteiger partial charge is 0.493 e. The van der Waals surface area contributed by atoms with Crippen LogP contribution in [0.15, 0.2) is 36.4 Å². The summed E-state index contributed by atoms with van der Waals surface area (Å²) in [6, 6.07) is 11.0. The van der Waals surface area contributed by atoms with Crippen LogP contribution in [0, 0.1) is 6.92 Å². The number of ketones is 1. The number of aryl methyl sites for hydroxylation is 1. The Morgan fingerprint density at radius 1 is 1.16 bits per heavy atom. The Kier molecular flexibility index (Phi) is 2.75. The Morgan fingerprint density at radius 2 is 1.89 bits per heavy atom. The van der Waals surface area contributed by atoms with Crippen molar-refractivity contribution in [1.29, 1.82) is 0 Å². The van der Waals surface area contributed by atoms with E-state index in [4.69, 9.17) is 10.5 Å². The zero-order valence-corrected chi connectivity index (χ0v) is 10.8. The van der Waals surface area contributed by atoms with E-state index in [0.29, 0.717) is 23.4 Å². The highest BCUT2D eigenvalue weighted by Crippen LogP contribution is 2.27. The molecule has 0 aromatic heterocycles. The molecule has 2 aromatic rings. The molecule has 2 aromatic carbocycles. The number of ether oxygens (including phenoxy) is 1. The molecule has 19 heavy (non-hydrogen) atoms. The highest BCUT2D eigenvalue weighted by molar-refractivity contribution is 6.09. The number of nitrogen functional groups attached to an aromatic ring is 1. The fourth-order valence-corrected chi connectivity index (χ4v) is 2.28. The molecule has 1 aliphatic heterocycles. The maximum atomic E-state index is 12.4. The van der Waals surface area contributed by atoms with E-state index in [-0.39, 0.29) is 5.78 Å². The van der Waals surface area contributed by atoms with E-state index in [1.54, 1.807) is 6.07 Å². The number of hydrogen-bond acceptors (Lipinski definition) is 3. The molecule has 3 heteroatoms. The summed E-state index contributed by atoms with van der Waals surface area (Å²) in [7, 11) is 0. The number of hydrogen-bond donors (Lipinski definition) is 1. The zero-order chi connectivity index (χ0) is 13.4. The van der Waals surface area contributed by atoms with Crippen molar-refractivity contribution in [1.82, 2.24) is 0 Å². The van der Waals surface area contributed by atoms with E-state index in [2.05, 4.69) is 0 Å². The minimum absolute atomic E-state index is 0.00130. The van der Waals surface area contributed by atoms with Crippen LogP contribution in [0.2, 0.25) is 0 Å². The molecule has 1 aliphatic rings.